The van der Waals surface area contributed by atoms with E-state index in [0.717, 1.165) is 38.3 Å². The molecule has 0 spiro atoms. The van der Waals surface area contributed by atoms with Gasteiger partial charge in [-0.05, 0) is 36.4 Å². The van der Waals surface area contributed by atoms with Crippen LogP contribution in [0.4, 0.5) is 0 Å². The lowest BCUT2D eigenvalue weighted by atomic mass is 10.1. The second kappa shape index (κ2) is 9.49. The summed E-state index contributed by atoms with van der Waals surface area (Å²) in [5.41, 5.74) is 1.93. The van der Waals surface area contributed by atoms with Crippen LogP contribution in [0.1, 0.15) is 34.6 Å². The summed E-state index contributed by atoms with van der Waals surface area (Å²) in [5.74, 6) is 0.521. The number of nitrogens with zero attached hydrogens (tertiary/aromatic N) is 2. The van der Waals surface area contributed by atoms with Crippen molar-refractivity contribution in [1.82, 2.24) is 9.80 Å². The maximum absolute atomic E-state index is 13.1. The number of carbonyl (C=O) groups excluding carboxylic acids is 1. The van der Waals surface area contributed by atoms with Crippen molar-refractivity contribution in [2.24, 2.45) is 5.92 Å². The van der Waals surface area contributed by atoms with Crippen LogP contribution in [-0.2, 0) is 11.3 Å². The molecule has 0 bridgehead atoms. The van der Waals surface area contributed by atoms with Gasteiger partial charge in [-0.1, -0.05) is 37.6 Å². The predicted molar refractivity (Wildman–Crippen MR) is 111 cm³/mol. The Morgan fingerprint density at radius 2 is 2.07 bits per heavy atom. The standard InChI is InChI=1S/C22H30N2O2S/c1-17(2)13-24(22(25)19-8-6-18(3)7-9-19)15-20-14-23(10-11-26-20)16-21-5-4-12-27-21/h4-9,12,17,20H,10-11,13-16H2,1-3H3/t20-/m1/s1. The number of hydrogen-bond acceptors (Lipinski definition) is 4. The molecule has 1 saturated heterocycles. The van der Waals surface area contributed by atoms with Crippen molar-refractivity contribution in [2.75, 3.05) is 32.8 Å². The number of aryl methyl sites for hydroxylation is 1. The molecule has 5 heteroatoms. The SMILES string of the molecule is Cc1ccc(C(=O)N(CC(C)C)C[C@H]2CN(Cc3cccs3)CCO2)cc1. The number of thiophene rings is 1. The van der Waals surface area contributed by atoms with E-state index in [1.807, 2.05) is 36.1 Å². The fourth-order valence-corrected chi connectivity index (χ4v) is 4.21. The van der Waals surface area contributed by atoms with Crippen LogP contribution in [0.15, 0.2) is 41.8 Å². The molecular weight excluding hydrogens is 356 g/mol. The molecule has 2 heterocycles. The molecule has 27 heavy (non-hydrogen) atoms. The molecule has 1 atom stereocenters. The highest BCUT2D eigenvalue weighted by Gasteiger charge is 2.26. The molecule has 4 nitrogen and oxygen atoms in total. The molecule has 3 rings (SSSR count). The van der Waals surface area contributed by atoms with Crippen molar-refractivity contribution in [1.29, 1.82) is 0 Å². The Bertz CT molecular complexity index is 712. The van der Waals surface area contributed by atoms with Crippen molar-refractivity contribution >= 4 is 17.2 Å². The van der Waals surface area contributed by atoms with E-state index in [4.69, 9.17) is 4.74 Å². The first kappa shape index (κ1) is 20.1. The molecular formula is C22H30N2O2S. The van der Waals surface area contributed by atoms with E-state index in [1.54, 1.807) is 11.3 Å². The van der Waals surface area contributed by atoms with E-state index in [9.17, 15) is 4.79 Å². The van der Waals surface area contributed by atoms with Gasteiger partial charge in [0.2, 0.25) is 0 Å². The fourth-order valence-electron chi connectivity index (χ4n) is 3.46. The first-order chi connectivity index (χ1) is 13.0. The van der Waals surface area contributed by atoms with E-state index < -0.39 is 0 Å². The molecule has 1 fully saturated rings. The molecule has 0 aliphatic carbocycles. The van der Waals surface area contributed by atoms with Crippen molar-refractivity contribution in [2.45, 2.75) is 33.4 Å². The second-order valence-corrected chi connectivity index (χ2v) is 8.81. The number of benzene rings is 1. The number of carbonyl (C=O) groups is 1. The van der Waals surface area contributed by atoms with Crippen LogP contribution in [0.2, 0.25) is 0 Å². The molecule has 1 aliphatic rings. The summed E-state index contributed by atoms with van der Waals surface area (Å²) in [7, 11) is 0. The highest BCUT2D eigenvalue weighted by atomic mass is 32.1. The minimum Gasteiger partial charge on any atom is -0.374 e. The Labute approximate surface area is 166 Å². The average Bonchev–Trinajstić information content (AvgIpc) is 3.14. The molecule has 1 aliphatic heterocycles. The zero-order valence-electron chi connectivity index (χ0n) is 16.6. The van der Waals surface area contributed by atoms with E-state index >= 15 is 0 Å². The lowest BCUT2D eigenvalue weighted by Crippen LogP contribution is -2.49. The summed E-state index contributed by atoms with van der Waals surface area (Å²) < 4.78 is 6.01. The van der Waals surface area contributed by atoms with Crippen molar-refractivity contribution in [3.8, 4) is 0 Å². The highest BCUT2D eigenvalue weighted by Crippen LogP contribution is 2.17. The minimum atomic E-state index is 0.0619. The van der Waals surface area contributed by atoms with Gasteiger partial charge in [-0.15, -0.1) is 11.3 Å². The zero-order valence-corrected chi connectivity index (χ0v) is 17.4. The number of amides is 1. The van der Waals surface area contributed by atoms with Gasteiger partial charge < -0.3 is 9.64 Å². The first-order valence-electron chi connectivity index (χ1n) is 9.73. The Kier molecular flexibility index (Phi) is 7.05. The predicted octanol–water partition coefficient (Wildman–Crippen LogP) is 4.06. The third kappa shape index (κ3) is 5.89. The van der Waals surface area contributed by atoms with Crippen molar-refractivity contribution < 1.29 is 9.53 Å². The summed E-state index contributed by atoms with van der Waals surface area (Å²) in [6.45, 7) is 11.2. The van der Waals surface area contributed by atoms with Crippen LogP contribution in [0, 0.1) is 12.8 Å². The van der Waals surface area contributed by atoms with Crippen LogP contribution >= 0.6 is 11.3 Å². The molecule has 0 N–H and O–H groups in total. The van der Waals surface area contributed by atoms with Gasteiger partial charge in [0.25, 0.3) is 5.91 Å². The van der Waals surface area contributed by atoms with Gasteiger partial charge in [0.1, 0.15) is 0 Å². The minimum absolute atomic E-state index is 0.0619. The maximum atomic E-state index is 13.1. The van der Waals surface area contributed by atoms with E-state index in [2.05, 4.69) is 36.3 Å². The van der Waals surface area contributed by atoms with Crippen LogP contribution in [0.5, 0.6) is 0 Å². The van der Waals surface area contributed by atoms with E-state index in [0.29, 0.717) is 12.5 Å². The molecule has 1 aromatic carbocycles. The normalized spacial score (nSPS) is 18.0. The highest BCUT2D eigenvalue weighted by molar-refractivity contribution is 7.09. The number of hydrogen-bond donors (Lipinski definition) is 0. The van der Waals surface area contributed by atoms with Gasteiger partial charge in [-0.3, -0.25) is 9.69 Å². The molecule has 0 unspecified atom stereocenters. The number of rotatable bonds is 7. The largest absolute Gasteiger partial charge is 0.374 e. The van der Waals surface area contributed by atoms with Gasteiger partial charge >= 0.3 is 0 Å². The Morgan fingerprint density at radius 3 is 2.74 bits per heavy atom. The topological polar surface area (TPSA) is 32.8 Å². The zero-order chi connectivity index (χ0) is 19.2. The van der Waals surface area contributed by atoms with Crippen LogP contribution in [0.3, 0.4) is 0 Å². The number of morpholine rings is 1. The third-order valence-corrected chi connectivity index (χ3v) is 5.64. The lowest BCUT2D eigenvalue weighted by molar-refractivity contribution is -0.0435. The van der Waals surface area contributed by atoms with Crippen molar-refractivity contribution in [3.05, 3.63) is 57.8 Å². The summed E-state index contributed by atoms with van der Waals surface area (Å²) in [6, 6.07) is 12.1. The third-order valence-electron chi connectivity index (χ3n) is 4.78. The van der Waals surface area contributed by atoms with E-state index in [-0.39, 0.29) is 12.0 Å². The van der Waals surface area contributed by atoms with Crippen LogP contribution < -0.4 is 0 Å². The quantitative estimate of drug-likeness (QED) is 0.719. The maximum Gasteiger partial charge on any atom is 0.253 e. The van der Waals surface area contributed by atoms with Gasteiger partial charge in [0.05, 0.1) is 12.7 Å². The number of ether oxygens (including phenoxy) is 1. The molecule has 146 valence electrons. The molecule has 1 aromatic heterocycles. The van der Waals surface area contributed by atoms with Crippen molar-refractivity contribution in [3.63, 3.8) is 0 Å². The van der Waals surface area contributed by atoms with Gasteiger partial charge in [0, 0.05) is 43.2 Å². The molecule has 0 saturated carbocycles. The summed E-state index contributed by atoms with van der Waals surface area (Å²) >= 11 is 1.80. The Morgan fingerprint density at radius 1 is 1.30 bits per heavy atom. The lowest BCUT2D eigenvalue weighted by Gasteiger charge is -2.36. The summed E-state index contributed by atoms with van der Waals surface area (Å²) in [6.07, 6.45) is 0.0619. The van der Waals surface area contributed by atoms with E-state index in [1.165, 1.54) is 10.4 Å². The van der Waals surface area contributed by atoms with Crippen LogP contribution in [0.25, 0.3) is 0 Å². The Hall–Kier alpha value is -1.69. The fraction of sp³-hybridized carbons (Fsp3) is 0.500. The average molecular weight is 387 g/mol. The monoisotopic (exact) mass is 386 g/mol. The van der Waals surface area contributed by atoms with Gasteiger partial charge in [-0.25, -0.2) is 0 Å². The Balaban J connectivity index is 1.64. The van der Waals surface area contributed by atoms with Crippen LogP contribution in [-0.4, -0.2) is 54.6 Å². The van der Waals surface area contributed by atoms with Gasteiger partial charge in [0.15, 0.2) is 0 Å². The van der Waals surface area contributed by atoms with Gasteiger partial charge in [-0.2, -0.15) is 0 Å². The first-order valence-corrected chi connectivity index (χ1v) is 10.6. The molecule has 0 radical (unpaired) electrons. The molecule has 2 aromatic rings. The summed E-state index contributed by atoms with van der Waals surface area (Å²) in [5, 5.41) is 2.12. The molecule has 1 amide bonds. The second-order valence-electron chi connectivity index (χ2n) is 7.78. The smallest absolute Gasteiger partial charge is 0.253 e. The summed E-state index contributed by atoms with van der Waals surface area (Å²) in [4.78, 5) is 18.8.